The number of halogens is 1. The van der Waals surface area contributed by atoms with Crippen LogP contribution in [-0.2, 0) is 4.79 Å². The number of benzene rings is 1. The fourth-order valence-electron chi connectivity index (χ4n) is 1.50. The number of hydrogen-bond donors (Lipinski definition) is 1. The minimum Gasteiger partial charge on any atom is -0.484 e. The van der Waals surface area contributed by atoms with Crippen molar-refractivity contribution in [3.8, 4) is 5.75 Å². The van der Waals surface area contributed by atoms with Gasteiger partial charge in [-0.15, -0.1) is 0 Å². The van der Waals surface area contributed by atoms with Crippen LogP contribution in [0, 0.1) is 5.82 Å². The largest absolute Gasteiger partial charge is 0.484 e. The zero-order valence-electron chi connectivity index (χ0n) is 11.8. The lowest BCUT2D eigenvalue weighted by Gasteiger charge is -2.21. The summed E-state index contributed by atoms with van der Waals surface area (Å²) in [4.78, 5) is 13.3. The quantitative estimate of drug-likeness (QED) is 0.889. The van der Waals surface area contributed by atoms with E-state index in [2.05, 4.69) is 0 Å². The second-order valence-corrected chi connectivity index (χ2v) is 4.86. The van der Waals surface area contributed by atoms with E-state index < -0.39 is 5.82 Å². The van der Waals surface area contributed by atoms with Crippen molar-refractivity contribution < 1.29 is 13.9 Å². The van der Waals surface area contributed by atoms with Crippen LogP contribution in [0.15, 0.2) is 18.2 Å². The Morgan fingerprint density at radius 2 is 2.05 bits per heavy atom. The lowest BCUT2D eigenvalue weighted by Crippen LogP contribution is -2.36. The number of hydrogen-bond acceptors (Lipinski definition) is 3. The van der Waals surface area contributed by atoms with Gasteiger partial charge >= 0.3 is 0 Å². The Kier molecular flexibility index (Phi) is 5.30. The summed E-state index contributed by atoms with van der Waals surface area (Å²) in [5.41, 5.74) is 6.05. The molecule has 5 heteroatoms. The number of likely N-dealkylation sites (N-methyl/N-ethyl adjacent to an activating group) is 1. The predicted octanol–water partition coefficient (Wildman–Crippen LogP) is 2.09. The molecule has 1 rings (SSSR count). The standard InChI is InChI=1S/C14H21FN2O2/c1-9(2)17(4)14(18)8-19-11-5-6-12(10(3)16)13(15)7-11/h5-7,9-10H,8,16H2,1-4H3/t10-/m1/s1. The Morgan fingerprint density at radius 1 is 1.42 bits per heavy atom. The molecule has 19 heavy (non-hydrogen) atoms. The van der Waals surface area contributed by atoms with Crippen molar-refractivity contribution in [1.29, 1.82) is 0 Å². The molecule has 0 aliphatic carbocycles. The average Bonchev–Trinajstić information content (AvgIpc) is 2.34. The molecule has 0 radical (unpaired) electrons. The molecule has 0 aromatic heterocycles. The third-order valence-electron chi connectivity index (χ3n) is 2.99. The molecule has 0 heterocycles. The van der Waals surface area contributed by atoms with Gasteiger partial charge in [0, 0.05) is 30.8 Å². The highest BCUT2D eigenvalue weighted by atomic mass is 19.1. The lowest BCUT2D eigenvalue weighted by molar-refractivity contribution is -0.133. The molecule has 0 unspecified atom stereocenters. The zero-order chi connectivity index (χ0) is 14.6. The van der Waals surface area contributed by atoms with Gasteiger partial charge in [-0.1, -0.05) is 6.07 Å². The van der Waals surface area contributed by atoms with Gasteiger partial charge in [-0.3, -0.25) is 4.79 Å². The van der Waals surface area contributed by atoms with Gasteiger partial charge < -0.3 is 15.4 Å². The number of carbonyl (C=O) groups excluding carboxylic acids is 1. The van der Waals surface area contributed by atoms with Gasteiger partial charge in [0.15, 0.2) is 6.61 Å². The highest BCUT2D eigenvalue weighted by molar-refractivity contribution is 5.77. The Labute approximate surface area is 113 Å². The maximum absolute atomic E-state index is 13.7. The van der Waals surface area contributed by atoms with E-state index in [0.29, 0.717) is 11.3 Å². The zero-order valence-corrected chi connectivity index (χ0v) is 11.8. The van der Waals surface area contributed by atoms with Gasteiger partial charge in [-0.2, -0.15) is 0 Å². The molecule has 1 amide bonds. The minimum absolute atomic E-state index is 0.105. The summed E-state index contributed by atoms with van der Waals surface area (Å²) in [6.45, 7) is 5.43. The van der Waals surface area contributed by atoms with Crippen LogP contribution in [-0.4, -0.2) is 30.5 Å². The van der Waals surface area contributed by atoms with Crippen LogP contribution in [0.5, 0.6) is 5.75 Å². The van der Waals surface area contributed by atoms with Crippen molar-refractivity contribution >= 4 is 5.91 Å². The highest BCUT2D eigenvalue weighted by Crippen LogP contribution is 2.20. The monoisotopic (exact) mass is 268 g/mol. The van der Waals surface area contributed by atoms with Gasteiger partial charge in [0.1, 0.15) is 11.6 Å². The van der Waals surface area contributed by atoms with E-state index >= 15 is 0 Å². The molecular weight excluding hydrogens is 247 g/mol. The molecule has 0 aliphatic heterocycles. The summed E-state index contributed by atoms with van der Waals surface area (Å²) in [5, 5.41) is 0. The van der Waals surface area contributed by atoms with E-state index in [1.807, 2.05) is 13.8 Å². The van der Waals surface area contributed by atoms with Crippen molar-refractivity contribution in [3.05, 3.63) is 29.6 Å². The average molecular weight is 268 g/mol. The smallest absolute Gasteiger partial charge is 0.260 e. The second-order valence-electron chi connectivity index (χ2n) is 4.86. The van der Waals surface area contributed by atoms with Gasteiger partial charge in [-0.05, 0) is 26.8 Å². The van der Waals surface area contributed by atoms with E-state index in [4.69, 9.17) is 10.5 Å². The van der Waals surface area contributed by atoms with Crippen LogP contribution in [0.3, 0.4) is 0 Å². The maximum atomic E-state index is 13.7. The van der Waals surface area contributed by atoms with Gasteiger partial charge in [0.25, 0.3) is 5.91 Å². The molecule has 0 spiro atoms. The molecular formula is C14H21FN2O2. The number of carbonyl (C=O) groups is 1. The summed E-state index contributed by atoms with van der Waals surface area (Å²) in [6.07, 6.45) is 0. The van der Waals surface area contributed by atoms with E-state index in [0.717, 1.165) is 0 Å². The topological polar surface area (TPSA) is 55.6 Å². The van der Waals surface area contributed by atoms with E-state index in [9.17, 15) is 9.18 Å². The second kappa shape index (κ2) is 6.52. The van der Waals surface area contributed by atoms with Crippen molar-refractivity contribution in [3.63, 3.8) is 0 Å². The van der Waals surface area contributed by atoms with Gasteiger partial charge in [-0.25, -0.2) is 4.39 Å². The molecule has 1 aromatic carbocycles. The van der Waals surface area contributed by atoms with Crippen molar-refractivity contribution in [2.45, 2.75) is 32.9 Å². The van der Waals surface area contributed by atoms with Gasteiger partial charge in [0.2, 0.25) is 0 Å². The molecule has 0 saturated carbocycles. The first kappa shape index (κ1) is 15.4. The van der Waals surface area contributed by atoms with Crippen molar-refractivity contribution in [2.75, 3.05) is 13.7 Å². The van der Waals surface area contributed by atoms with Crippen LogP contribution < -0.4 is 10.5 Å². The molecule has 1 aromatic rings. The summed E-state index contributed by atoms with van der Waals surface area (Å²) in [6, 6.07) is 4.17. The van der Waals surface area contributed by atoms with Crippen LogP contribution >= 0.6 is 0 Å². The molecule has 106 valence electrons. The third-order valence-corrected chi connectivity index (χ3v) is 2.99. The fourth-order valence-corrected chi connectivity index (χ4v) is 1.50. The van der Waals surface area contributed by atoms with Crippen LogP contribution in [0.25, 0.3) is 0 Å². The Hall–Kier alpha value is -1.62. The summed E-state index contributed by atoms with van der Waals surface area (Å²) >= 11 is 0. The van der Waals surface area contributed by atoms with Crippen LogP contribution in [0.2, 0.25) is 0 Å². The number of ether oxygens (including phenoxy) is 1. The fraction of sp³-hybridized carbons (Fsp3) is 0.500. The first-order valence-electron chi connectivity index (χ1n) is 6.26. The van der Waals surface area contributed by atoms with E-state index in [1.165, 1.54) is 6.07 Å². The molecule has 0 fully saturated rings. The van der Waals surface area contributed by atoms with E-state index in [-0.39, 0.29) is 24.6 Å². The Bertz CT molecular complexity index is 447. The maximum Gasteiger partial charge on any atom is 0.260 e. The normalized spacial score (nSPS) is 12.4. The predicted molar refractivity (Wildman–Crippen MR) is 72.4 cm³/mol. The number of rotatable bonds is 5. The highest BCUT2D eigenvalue weighted by Gasteiger charge is 2.13. The molecule has 0 saturated heterocycles. The van der Waals surface area contributed by atoms with Crippen molar-refractivity contribution in [2.24, 2.45) is 5.73 Å². The third kappa shape index (κ3) is 4.21. The SMILES string of the molecule is CC(C)N(C)C(=O)COc1ccc([C@@H](C)N)c(F)c1. The molecule has 1 atom stereocenters. The number of nitrogens with two attached hydrogens (primary N) is 1. The minimum atomic E-state index is -0.419. The molecule has 2 N–H and O–H groups in total. The number of nitrogens with zero attached hydrogens (tertiary/aromatic N) is 1. The Balaban J connectivity index is 2.64. The lowest BCUT2D eigenvalue weighted by atomic mass is 10.1. The van der Waals surface area contributed by atoms with Crippen LogP contribution in [0.1, 0.15) is 32.4 Å². The summed E-state index contributed by atoms with van der Waals surface area (Å²) in [7, 11) is 1.70. The first-order chi connectivity index (χ1) is 8.82. The summed E-state index contributed by atoms with van der Waals surface area (Å²) < 4.78 is 18.9. The van der Waals surface area contributed by atoms with Crippen molar-refractivity contribution in [1.82, 2.24) is 4.90 Å². The molecule has 0 aliphatic rings. The summed E-state index contributed by atoms with van der Waals surface area (Å²) in [5.74, 6) is -0.240. The van der Waals surface area contributed by atoms with E-state index in [1.54, 1.807) is 31.0 Å². The van der Waals surface area contributed by atoms with Gasteiger partial charge in [0.05, 0.1) is 0 Å². The molecule has 4 nitrogen and oxygen atoms in total. The first-order valence-corrected chi connectivity index (χ1v) is 6.26. The van der Waals surface area contributed by atoms with Crippen LogP contribution in [0.4, 0.5) is 4.39 Å². The molecule has 0 bridgehead atoms. The number of amides is 1. The Morgan fingerprint density at radius 3 is 2.53 bits per heavy atom.